The van der Waals surface area contributed by atoms with Crippen molar-refractivity contribution in [2.45, 2.75) is 47.1 Å². The molecule has 4 nitrogen and oxygen atoms in total. The normalized spacial score (nSPS) is 27.4. The zero-order valence-corrected chi connectivity index (χ0v) is 12.8. The Kier molecular flexibility index (Phi) is 4.27. The predicted octanol–water partition coefficient (Wildman–Crippen LogP) is 3.09. The van der Waals surface area contributed by atoms with Gasteiger partial charge in [-0.15, -0.1) is 0 Å². The number of aromatic nitrogens is 2. The van der Waals surface area contributed by atoms with Gasteiger partial charge in [0.2, 0.25) is 0 Å². The van der Waals surface area contributed by atoms with E-state index in [0.29, 0.717) is 12.0 Å². The van der Waals surface area contributed by atoms with Gasteiger partial charge in [-0.05, 0) is 39.0 Å². The number of hydrogen-bond acceptors (Lipinski definition) is 4. The summed E-state index contributed by atoms with van der Waals surface area (Å²) in [5.41, 5.74) is 0. The first-order valence-electron chi connectivity index (χ1n) is 7.37. The number of piperidine rings is 1. The Labute approximate surface area is 116 Å². The van der Waals surface area contributed by atoms with Crippen molar-refractivity contribution in [3.05, 3.63) is 11.9 Å². The molecule has 0 aliphatic carbocycles. The van der Waals surface area contributed by atoms with E-state index in [0.717, 1.165) is 36.5 Å². The van der Waals surface area contributed by atoms with Gasteiger partial charge in [0, 0.05) is 25.2 Å². The number of nitrogens with one attached hydrogen (secondary N) is 1. The van der Waals surface area contributed by atoms with Crippen molar-refractivity contribution < 1.29 is 0 Å². The van der Waals surface area contributed by atoms with Gasteiger partial charge in [0.1, 0.15) is 17.5 Å². The second kappa shape index (κ2) is 5.76. The molecule has 0 spiro atoms. The summed E-state index contributed by atoms with van der Waals surface area (Å²) in [6.45, 7) is 13.0. The van der Waals surface area contributed by atoms with Crippen LogP contribution in [0.4, 0.5) is 11.6 Å². The van der Waals surface area contributed by atoms with Gasteiger partial charge in [-0.25, -0.2) is 9.97 Å². The lowest BCUT2D eigenvalue weighted by atomic mass is 9.86. The number of anilines is 2. The summed E-state index contributed by atoms with van der Waals surface area (Å²) in [6.07, 6.45) is 1.31. The molecular weight excluding hydrogens is 236 g/mol. The van der Waals surface area contributed by atoms with E-state index in [2.05, 4.69) is 53.9 Å². The highest BCUT2D eigenvalue weighted by molar-refractivity contribution is 5.50. The van der Waals surface area contributed by atoms with Crippen LogP contribution in [-0.2, 0) is 0 Å². The monoisotopic (exact) mass is 262 g/mol. The predicted molar refractivity (Wildman–Crippen MR) is 80.7 cm³/mol. The molecule has 0 saturated carbocycles. The van der Waals surface area contributed by atoms with Crippen molar-refractivity contribution in [2.24, 2.45) is 11.8 Å². The molecule has 1 fully saturated rings. The SMILES string of the molecule is CCNc1cc(N2CC(C)CC(C)C2C)nc(C)n1. The van der Waals surface area contributed by atoms with E-state index in [1.165, 1.54) is 6.42 Å². The van der Waals surface area contributed by atoms with Crippen molar-refractivity contribution in [3.63, 3.8) is 0 Å². The Morgan fingerprint density at radius 1 is 1.32 bits per heavy atom. The quantitative estimate of drug-likeness (QED) is 0.909. The van der Waals surface area contributed by atoms with Crippen LogP contribution in [0.25, 0.3) is 0 Å². The second-order valence-corrected chi connectivity index (χ2v) is 5.90. The van der Waals surface area contributed by atoms with Crippen molar-refractivity contribution in [1.29, 1.82) is 0 Å². The van der Waals surface area contributed by atoms with E-state index in [1.54, 1.807) is 0 Å². The van der Waals surface area contributed by atoms with Crippen LogP contribution in [-0.4, -0.2) is 29.1 Å². The van der Waals surface area contributed by atoms with Gasteiger partial charge < -0.3 is 10.2 Å². The maximum absolute atomic E-state index is 4.63. The molecule has 1 saturated heterocycles. The van der Waals surface area contributed by atoms with E-state index >= 15 is 0 Å². The van der Waals surface area contributed by atoms with Crippen LogP contribution in [0.3, 0.4) is 0 Å². The number of rotatable bonds is 3. The fraction of sp³-hybridized carbons (Fsp3) is 0.733. The standard InChI is InChI=1S/C15H26N4/c1-6-16-14-8-15(18-13(5)17-14)19-9-10(2)7-11(3)12(19)4/h8,10-12H,6-7,9H2,1-5H3,(H,16,17,18). The molecule has 19 heavy (non-hydrogen) atoms. The average molecular weight is 262 g/mol. The van der Waals surface area contributed by atoms with Crippen LogP contribution in [0, 0.1) is 18.8 Å². The lowest BCUT2D eigenvalue weighted by molar-refractivity contribution is 0.295. The zero-order valence-electron chi connectivity index (χ0n) is 12.8. The molecule has 0 radical (unpaired) electrons. The van der Waals surface area contributed by atoms with Crippen LogP contribution < -0.4 is 10.2 Å². The van der Waals surface area contributed by atoms with Gasteiger partial charge in [-0.3, -0.25) is 0 Å². The molecule has 1 N–H and O–H groups in total. The van der Waals surface area contributed by atoms with Gasteiger partial charge in [-0.1, -0.05) is 13.8 Å². The summed E-state index contributed by atoms with van der Waals surface area (Å²) in [5.74, 6) is 4.27. The van der Waals surface area contributed by atoms with Crippen molar-refractivity contribution in [2.75, 3.05) is 23.3 Å². The third kappa shape index (κ3) is 3.17. The third-order valence-electron chi connectivity index (χ3n) is 4.07. The van der Waals surface area contributed by atoms with Gasteiger partial charge in [-0.2, -0.15) is 0 Å². The average Bonchev–Trinajstić information content (AvgIpc) is 2.33. The molecule has 2 heterocycles. The number of hydrogen-bond donors (Lipinski definition) is 1. The minimum absolute atomic E-state index is 0.542. The smallest absolute Gasteiger partial charge is 0.134 e. The first-order valence-corrected chi connectivity index (χ1v) is 7.37. The van der Waals surface area contributed by atoms with Crippen LogP contribution in [0.15, 0.2) is 6.07 Å². The van der Waals surface area contributed by atoms with Gasteiger partial charge in [0.25, 0.3) is 0 Å². The van der Waals surface area contributed by atoms with E-state index in [4.69, 9.17) is 0 Å². The molecule has 3 atom stereocenters. The zero-order chi connectivity index (χ0) is 14.0. The Hall–Kier alpha value is -1.32. The highest BCUT2D eigenvalue weighted by Gasteiger charge is 2.29. The molecular formula is C15H26N4. The van der Waals surface area contributed by atoms with Gasteiger partial charge in [0.15, 0.2) is 0 Å². The van der Waals surface area contributed by atoms with Crippen molar-refractivity contribution in [3.8, 4) is 0 Å². The van der Waals surface area contributed by atoms with Crippen molar-refractivity contribution >= 4 is 11.6 Å². The summed E-state index contributed by atoms with van der Waals surface area (Å²) < 4.78 is 0. The molecule has 106 valence electrons. The Balaban J connectivity index is 2.28. The fourth-order valence-corrected chi connectivity index (χ4v) is 2.99. The Morgan fingerprint density at radius 2 is 2.05 bits per heavy atom. The molecule has 1 aliphatic heterocycles. The number of aryl methyl sites for hydroxylation is 1. The van der Waals surface area contributed by atoms with E-state index in [-0.39, 0.29) is 0 Å². The van der Waals surface area contributed by atoms with Crippen LogP contribution in [0.2, 0.25) is 0 Å². The largest absolute Gasteiger partial charge is 0.370 e. The maximum atomic E-state index is 4.63. The fourth-order valence-electron chi connectivity index (χ4n) is 2.99. The molecule has 4 heteroatoms. The van der Waals surface area contributed by atoms with Crippen molar-refractivity contribution in [1.82, 2.24) is 9.97 Å². The first kappa shape index (κ1) is 14.1. The van der Waals surface area contributed by atoms with E-state index < -0.39 is 0 Å². The minimum Gasteiger partial charge on any atom is -0.370 e. The summed E-state index contributed by atoms with van der Waals surface area (Å²) >= 11 is 0. The summed E-state index contributed by atoms with van der Waals surface area (Å²) in [6, 6.07) is 2.62. The molecule has 1 aliphatic rings. The molecule has 2 rings (SSSR count). The lowest BCUT2D eigenvalue weighted by Gasteiger charge is -2.42. The highest BCUT2D eigenvalue weighted by atomic mass is 15.2. The van der Waals surface area contributed by atoms with Gasteiger partial charge in [0.05, 0.1) is 0 Å². The van der Waals surface area contributed by atoms with Crippen LogP contribution in [0.5, 0.6) is 0 Å². The number of nitrogens with zero attached hydrogens (tertiary/aromatic N) is 3. The topological polar surface area (TPSA) is 41.0 Å². The van der Waals surface area contributed by atoms with E-state index in [9.17, 15) is 0 Å². The molecule has 3 unspecified atom stereocenters. The molecule has 1 aromatic rings. The lowest BCUT2D eigenvalue weighted by Crippen LogP contribution is -2.46. The van der Waals surface area contributed by atoms with E-state index in [1.807, 2.05) is 6.92 Å². The second-order valence-electron chi connectivity index (χ2n) is 5.90. The summed E-state index contributed by atoms with van der Waals surface area (Å²) in [5, 5.41) is 3.29. The molecule has 0 bridgehead atoms. The van der Waals surface area contributed by atoms with Crippen LogP contribution >= 0.6 is 0 Å². The minimum atomic E-state index is 0.542. The third-order valence-corrected chi connectivity index (χ3v) is 4.07. The maximum Gasteiger partial charge on any atom is 0.134 e. The highest BCUT2D eigenvalue weighted by Crippen LogP contribution is 2.31. The molecule has 1 aromatic heterocycles. The Morgan fingerprint density at radius 3 is 2.74 bits per heavy atom. The van der Waals surface area contributed by atoms with Crippen LogP contribution in [0.1, 0.15) is 39.9 Å². The van der Waals surface area contributed by atoms with Gasteiger partial charge >= 0.3 is 0 Å². The first-order chi connectivity index (χ1) is 9.01. The summed E-state index contributed by atoms with van der Waals surface area (Å²) in [4.78, 5) is 11.5. The molecule has 0 aromatic carbocycles. The molecule has 0 amide bonds. The summed E-state index contributed by atoms with van der Waals surface area (Å²) in [7, 11) is 0. The Bertz CT molecular complexity index is 432.